The number of sulfonamides is 1. The first-order chi connectivity index (χ1) is 14.9. The van der Waals surface area contributed by atoms with Crippen LogP contribution in [-0.4, -0.2) is 49.1 Å². The predicted molar refractivity (Wildman–Crippen MR) is 108 cm³/mol. The summed E-state index contributed by atoms with van der Waals surface area (Å²) < 4.78 is 38.9. The van der Waals surface area contributed by atoms with Gasteiger partial charge in [0.1, 0.15) is 17.6 Å². The molecule has 0 saturated carbocycles. The molecule has 31 heavy (non-hydrogen) atoms. The highest BCUT2D eigenvalue weighted by atomic mass is 32.2. The fourth-order valence-corrected chi connectivity index (χ4v) is 5.46. The Hall–Kier alpha value is -2.97. The largest absolute Gasteiger partial charge is 0.457 e. The van der Waals surface area contributed by atoms with Crippen LogP contribution in [0.15, 0.2) is 53.4 Å². The van der Waals surface area contributed by atoms with Crippen LogP contribution in [0.5, 0.6) is 11.5 Å². The van der Waals surface area contributed by atoms with Crippen LogP contribution in [0.3, 0.4) is 0 Å². The number of benzene rings is 2. The van der Waals surface area contributed by atoms with Gasteiger partial charge >= 0.3 is 0 Å². The second-order valence-corrected chi connectivity index (χ2v) is 9.43. The number of fused-ring (bicyclic) bond motifs is 1. The van der Waals surface area contributed by atoms with E-state index in [1.165, 1.54) is 16.4 Å². The number of nitrogens with zero attached hydrogens (tertiary/aromatic N) is 2. The maximum absolute atomic E-state index is 13.1. The third-order valence-electron chi connectivity index (χ3n) is 5.57. The van der Waals surface area contributed by atoms with E-state index in [0.29, 0.717) is 36.4 Å². The van der Waals surface area contributed by atoms with Gasteiger partial charge in [0.25, 0.3) is 5.91 Å². The molecule has 3 atom stereocenters. The third-order valence-corrected chi connectivity index (χ3v) is 7.45. The molecule has 2 aromatic carbocycles. The molecule has 2 N–H and O–H groups in total. The molecule has 162 valence electrons. The first-order valence-corrected chi connectivity index (χ1v) is 11.2. The van der Waals surface area contributed by atoms with Crippen molar-refractivity contribution in [1.29, 1.82) is 5.26 Å². The molecule has 0 aromatic heterocycles. The van der Waals surface area contributed by atoms with Gasteiger partial charge in [-0.1, -0.05) is 0 Å². The quantitative estimate of drug-likeness (QED) is 0.534. The zero-order valence-electron chi connectivity index (χ0n) is 16.5. The highest BCUT2D eigenvalue weighted by Gasteiger charge is 2.44. The van der Waals surface area contributed by atoms with Gasteiger partial charge in [0.05, 0.1) is 22.6 Å². The molecule has 0 bridgehead atoms. The second-order valence-electron chi connectivity index (χ2n) is 7.50. The number of carbonyl (C=O) groups is 1. The number of amides is 1. The van der Waals surface area contributed by atoms with Gasteiger partial charge in [0, 0.05) is 19.0 Å². The van der Waals surface area contributed by atoms with E-state index in [1.807, 2.05) is 6.07 Å². The van der Waals surface area contributed by atoms with Crippen LogP contribution in [0.4, 0.5) is 0 Å². The second kappa shape index (κ2) is 8.64. The number of hydrogen-bond acceptors (Lipinski definition) is 7. The van der Waals surface area contributed by atoms with E-state index in [-0.39, 0.29) is 23.5 Å². The summed E-state index contributed by atoms with van der Waals surface area (Å²) in [5, 5.41) is 17.6. The fourth-order valence-electron chi connectivity index (χ4n) is 3.95. The summed E-state index contributed by atoms with van der Waals surface area (Å²) >= 11 is 0. The molecule has 2 saturated heterocycles. The summed E-state index contributed by atoms with van der Waals surface area (Å²) in [4.78, 5) is 11.8. The SMILES string of the molecule is N#Cc1ccc(Oc2ccc(S(=O)(=O)N3CCC4OC(C(=O)NO)CC4C3)cc2)cc1. The summed E-state index contributed by atoms with van der Waals surface area (Å²) in [5.41, 5.74) is 2.11. The van der Waals surface area contributed by atoms with E-state index in [0.717, 1.165) is 0 Å². The number of carbonyl (C=O) groups excluding carboxylic acids is 1. The molecule has 2 fully saturated rings. The van der Waals surface area contributed by atoms with Crippen molar-refractivity contribution in [3.8, 4) is 17.6 Å². The van der Waals surface area contributed by atoms with Gasteiger partial charge in [0.2, 0.25) is 10.0 Å². The lowest BCUT2D eigenvalue weighted by Gasteiger charge is -2.33. The van der Waals surface area contributed by atoms with Gasteiger partial charge in [-0.25, -0.2) is 13.9 Å². The molecule has 3 unspecified atom stereocenters. The number of hydrogen-bond donors (Lipinski definition) is 2. The van der Waals surface area contributed by atoms with Gasteiger partial charge < -0.3 is 9.47 Å². The minimum Gasteiger partial charge on any atom is -0.457 e. The van der Waals surface area contributed by atoms with Crippen LogP contribution in [0, 0.1) is 17.2 Å². The summed E-state index contributed by atoms with van der Waals surface area (Å²) in [6.07, 6.45) is -0.113. The average Bonchev–Trinajstić information content (AvgIpc) is 3.23. The van der Waals surface area contributed by atoms with E-state index >= 15 is 0 Å². The van der Waals surface area contributed by atoms with Crippen molar-refractivity contribution < 1.29 is 27.9 Å². The van der Waals surface area contributed by atoms with Crippen LogP contribution in [0.1, 0.15) is 18.4 Å². The Labute approximate surface area is 179 Å². The monoisotopic (exact) mass is 443 g/mol. The number of nitrogens with one attached hydrogen (secondary N) is 1. The molecule has 2 heterocycles. The topological polar surface area (TPSA) is 129 Å². The lowest BCUT2D eigenvalue weighted by molar-refractivity contribution is -0.141. The normalized spacial score (nSPS) is 23.5. The van der Waals surface area contributed by atoms with Crippen LogP contribution in [-0.2, 0) is 19.6 Å². The van der Waals surface area contributed by atoms with Crippen molar-refractivity contribution in [3.05, 3.63) is 54.1 Å². The maximum Gasteiger partial charge on any atom is 0.272 e. The van der Waals surface area contributed by atoms with Gasteiger partial charge in [-0.15, -0.1) is 0 Å². The molecular formula is C21H21N3O6S. The van der Waals surface area contributed by atoms with Gasteiger partial charge in [-0.2, -0.15) is 9.57 Å². The smallest absolute Gasteiger partial charge is 0.272 e. The highest BCUT2D eigenvalue weighted by molar-refractivity contribution is 7.89. The van der Waals surface area contributed by atoms with Crippen molar-refractivity contribution in [2.45, 2.75) is 29.9 Å². The predicted octanol–water partition coefficient (Wildman–Crippen LogP) is 2.02. The zero-order chi connectivity index (χ0) is 22.0. The van der Waals surface area contributed by atoms with E-state index in [1.54, 1.807) is 41.9 Å². The number of piperidine rings is 1. The highest BCUT2D eigenvalue weighted by Crippen LogP contribution is 2.35. The van der Waals surface area contributed by atoms with Crippen LogP contribution in [0.25, 0.3) is 0 Å². The molecule has 2 aliphatic rings. The lowest BCUT2D eigenvalue weighted by atomic mass is 9.94. The lowest BCUT2D eigenvalue weighted by Crippen LogP contribution is -2.44. The molecule has 1 amide bonds. The fraction of sp³-hybridized carbons (Fsp3) is 0.333. The van der Waals surface area contributed by atoms with E-state index in [4.69, 9.17) is 19.9 Å². The number of hydroxylamine groups is 1. The zero-order valence-corrected chi connectivity index (χ0v) is 17.3. The standard InChI is InChI=1S/C21H21N3O6S/c22-12-14-1-3-16(4-2-14)29-17-5-7-18(8-6-17)31(27,28)24-10-9-19-15(13-24)11-20(30-19)21(25)23-26/h1-8,15,19-20,26H,9-11,13H2,(H,23,25). The summed E-state index contributed by atoms with van der Waals surface area (Å²) in [6, 6.07) is 14.8. The number of rotatable bonds is 5. The Morgan fingerprint density at radius 1 is 1.16 bits per heavy atom. The molecule has 9 nitrogen and oxygen atoms in total. The first-order valence-electron chi connectivity index (χ1n) is 9.78. The minimum absolute atomic E-state index is 0.107. The molecule has 10 heteroatoms. The van der Waals surface area contributed by atoms with E-state index in [9.17, 15) is 13.2 Å². The van der Waals surface area contributed by atoms with Gasteiger partial charge in [0.15, 0.2) is 0 Å². The first kappa shape index (κ1) is 21.3. The maximum atomic E-state index is 13.1. The van der Waals surface area contributed by atoms with Crippen molar-refractivity contribution in [2.75, 3.05) is 13.1 Å². The van der Waals surface area contributed by atoms with Crippen molar-refractivity contribution in [3.63, 3.8) is 0 Å². The van der Waals surface area contributed by atoms with E-state index in [2.05, 4.69) is 0 Å². The van der Waals surface area contributed by atoms with Crippen LogP contribution >= 0.6 is 0 Å². The number of ether oxygens (including phenoxy) is 2. The van der Waals surface area contributed by atoms with Crippen LogP contribution < -0.4 is 10.2 Å². The molecule has 2 aromatic rings. The third kappa shape index (κ3) is 4.40. The Bertz CT molecular complexity index is 1100. The molecular weight excluding hydrogens is 422 g/mol. The summed E-state index contributed by atoms with van der Waals surface area (Å²) in [5.74, 6) is 0.301. The van der Waals surface area contributed by atoms with Crippen molar-refractivity contribution in [1.82, 2.24) is 9.79 Å². The Morgan fingerprint density at radius 3 is 2.42 bits per heavy atom. The van der Waals surface area contributed by atoms with Crippen LogP contribution in [0.2, 0.25) is 0 Å². The number of nitriles is 1. The molecule has 2 aliphatic heterocycles. The Morgan fingerprint density at radius 2 is 1.81 bits per heavy atom. The van der Waals surface area contributed by atoms with Crippen molar-refractivity contribution >= 4 is 15.9 Å². The van der Waals surface area contributed by atoms with Crippen molar-refractivity contribution in [2.24, 2.45) is 5.92 Å². The molecule has 4 rings (SSSR count). The van der Waals surface area contributed by atoms with Gasteiger partial charge in [-0.3, -0.25) is 10.0 Å². The van der Waals surface area contributed by atoms with E-state index < -0.39 is 22.0 Å². The molecule has 0 aliphatic carbocycles. The molecule has 0 spiro atoms. The van der Waals surface area contributed by atoms with Gasteiger partial charge in [-0.05, 0) is 61.4 Å². The Kier molecular flexibility index (Phi) is 5.93. The minimum atomic E-state index is -3.71. The summed E-state index contributed by atoms with van der Waals surface area (Å²) in [6.45, 7) is 0.548. The summed E-state index contributed by atoms with van der Waals surface area (Å²) in [7, 11) is -3.71. The average molecular weight is 443 g/mol. The Balaban J connectivity index is 1.43. The molecule has 0 radical (unpaired) electrons.